The monoisotopic (exact) mass is 264 g/mol. The average Bonchev–Trinajstić information content (AvgIpc) is 2.42. The Morgan fingerprint density at radius 3 is 2.40 bits per heavy atom. The molecule has 2 aromatic carbocycles. The molecule has 2 aromatic rings. The van der Waals surface area contributed by atoms with Crippen molar-refractivity contribution in [2.75, 3.05) is 0 Å². The lowest BCUT2D eigenvalue weighted by atomic mass is 9.92. The molecule has 1 atom stereocenters. The molecule has 2 rings (SSSR count). The van der Waals surface area contributed by atoms with Crippen LogP contribution in [-0.2, 0) is 0 Å². The molecular weight excluding hydrogens is 240 g/mol. The molecule has 0 nitrogen and oxygen atoms in total. The van der Waals surface area contributed by atoms with E-state index in [0.29, 0.717) is 5.92 Å². The third-order valence-electron chi connectivity index (χ3n) is 4.14. The zero-order chi connectivity index (χ0) is 14.7. The van der Waals surface area contributed by atoms with E-state index in [1.165, 1.54) is 33.4 Å². The van der Waals surface area contributed by atoms with E-state index in [1.54, 1.807) is 0 Å². The van der Waals surface area contributed by atoms with Crippen molar-refractivity contribution in [3.8, 4) is 0 Å². The van der Waals surface area contributed by atoms with Gasteiger partial charge in [0, 0.05) is 0 Å². The lowest BCUT2D eigenvalue weighted by Gasteiger charge is -2.13. The Balaban J connectivity index is 2.27. The molecule has 0 aliphatic carbocycles. The first kappa shape index (κ1) is 14.6. The van der Waals surface area contributed by atoms with Crippen LogP contribution in [0.2, 0.25) is 0 Å². The summed E-state index contributed by atoms with van der Waals surface area (Å²) in [6, 6.07) is 13.2. The van der Waals surface area contributed by atoms with Gasteiger partial charge in [-0.3, -0.25) is 0 Å². The van der Waals surface area contributed by atoms with Gasteiger partial charge in [0.15, 0.2) is 0 Å². The molecular formula is C20H24. The van der Waals surface area contributed by atoms with Gasteiger partial charge in [-0.2, -0.15) is 0 Å². The van der Waals surface area contributed by atoms with E-state index < -0.39 is 0 Å². The maximum Gasteiger partial charge on any atom is -0.000438 e. The van der Waals surface area contributed by atoms with E-state index in [-0.39, 0.29) is 0 Å². The van der Waals surface area contributed by atoms with Crippen molar-refractivity contribution >= 4 is 6.08 Å². The minimum Gasteiger partial charge on any atom is -0.0767 e. The van der Waals surface area contributed by atoms with Gasteiger partial charge in [0.1, 0.15) is 0 Å². The molecule has 0 spiro atoms. The highest BCUT2D eigenvalue weighted by atomic mass is 14.1. The Morgan fingerprint density at radius 1 is 0.900 bits per heavy atom. The Morgan fingerprint density at radius 2 is 1.65 bits per heavy atom. The highest BCUT2D eigenvalue weighted by molar-refractivity contribution is 5.56. The maximum atomic E-state index is 2.31. The Kier molecular flexibility index (Phi) is 4.44. The molecule has 0 heteroatoms. The van der Waals surface area contributed by atoms with Crippen molar-refractivity contribution in [1.82, 2.24) is 0 Å². The first-order chi connectivity index (χ1) is 9.49. The number of hydrogen-bond donors (Lipinski definition) is 0. The number of rotatable bonds is 3. The zero-order valence-electron chi connectivity index (χ0n) is 13.2. The van der Waals surface area contributed by atoms with E-state index in [1.807, 2.05) is 0 Å². The van der Waals surface area contributed by atoms with Gasteiger partial charge in [0.25, 0.3) is 0 Å². The quantitative estimate of drug-likeness (QED) is 0.663. The van der Waals surface area contributed by atoms with Crippen LogP contribution < -0.4 is 0 Å². The summed E-state index contributed by atoms with van der Waals surface area (Å²) >= 11 is 0. The smallest absolute Gasteiger partial charge is 0.000438 e. The molecule has 0 N–H and O–H groups in total. The largest absolute Gasteiger partial charge is 0.0767 e. The fourth-order valence-corrected chi connectivity index (χ4v) is 2.56. The van der Waals surface area contributed by atoms with Gasteiger partial charge in [-0.1, -0.05) is 61.0 Å². The minimum absolute atomic E-state index is 0.440. The molecule has 0 fully saturated rings. The molecule has 0 saturated carbocycles. The van der Waals surface area contributed by atoms with Gasteiger partial charge in [0.2, 0.25) is 0 Å². The van der Waals surface area contributed by atoms with Gasteiger partial charge >= 0.3 is 0 Å². The van der Waals surface area contributed by atoms with E-state index in [9.17, 15) is 0 Å². The summed E-state index contributed by atoms with van der Waals surface area (Å²) < 4.78 is 0. The topological polar surface area (TPSA) is 0 Å². The van der Waals surface area contributed by atoms with Crippen molar-refractivity contribution in [2.45, 2.75) is 40.5 Å². The molecule has 0 radical (unpaired) electrons. The van der Waals surface area contributed by atoms with Crippen LogP contribution in [0.15, 0.2) is 42.5 Å². The molecule has 0 amide bonds. The van der Waals surface area contributed by atoms with Gasteiger partial charge in [-0.05, 0) is 61.4 Å². The predicted octanol–water partition coefficient (Wildman–Crippen LogP) is 5.74. The second-order valence-corrected chi connectivity index (χ2v) is 5.80. The summed E-state index contributed by atoms with van der Waals surface area (Å²) in [6.07, 6.45) is 4.57. The third-order valence-corrected chi connectivity index (χ3v) is 4.14. The number of benzene rings is 2. The maximum absolute atomic E-state index is 2.31. The van der Waals surface area contributed by atoms with Crippen LogP contribution in [0.4, 0.5) is 0 Å². The fraction of sp³-hybridized carbons (Fsp3) is 0.300. The van der Waals surface area contributed by atoms with Crippen LogP contribution in [0.25, 0.3) is 6.08 Å². The van der Waals surface area contributed by atoms with E-state index in [2.05, 4.69) is 83.2 Å². The zero-order valence-corrected chi connectivity index (χ0v) is 13.2. The molecule has 0 aromatic heterocycles. The highest BCUT2D eigenvalue weighted by Crippen LogP contribution is 2.24. The number of aryl methyl sites for hydroxylation is 3. The average molecular weight is 264 g/mol. The fourth-order valence-electron chi connectivity index (χ4n) is 2.56. The second kappa shape index (κ2) is 6.09. The SMILES string of the molecule is Cc1ccc(C)c(/C=C\C(C)c2cccc(C)c2C)c1. The molecule has 0 aliphatic heterocycles. The van der Waals surface area contributed by atoms with Crippen LogP contribution >= 0.6 is 0 Å². The van der Waals surface area contributed by atoms with E-state index in [4.69, 9.17) is 0 Å². The Labute approximate surface area is 123 Å². The lowest BCUT2D eigenvalue weighted by Crippen LogP contribution is -1.95. The summed E-state index contributed by atoms with van der Waals surface area (Å²) in [5, 5.41) is 0. The normalized spacial score (nSPS) is 12.8. The molecule has 0 heterocycles. The van der Waals surface area contributed by atoms with Gasteiger partial charge in [-0.25, -0.2) is 0 Å². The van der Waals surface area contributed by atoms with Crippen molar-refractivity contribution in [2.24, 2.45) is 0 Å². The summed E-state index contributed by atoms with van der Waals surface area (Å²) in [4.78, 5) is 0. The molecule has 0 bridgehead atoms. The number of hydrogen-bond acceptors (Lipinski definition) is 0. The predicted molar refractivity (Wildman–Crippen MR) is 89.3 cm³/mol. The molecule has 104 valence electrons. The standard InChI is InChI=1S/C20H24/c1-14-9-10-16(3)19(13-14)12-11-17(4)20-8-6-7-15(2)18(20)5/h6-13,17H,1-5H3/b12-11-. The van der Waals surface area contributed by atoms with Crippen LogP contribution in [0.1, 0.15) is 46.2 Å². The van der Waals surface area contributed by atoms with Gasteiger partial charge < -0.3 is 0 Å². The summed E-state index contributed by atoms with van der Waals surface area (Å²) in [5.41, 5.74) is 8.17. The van der Waals surface area contributed by atoms with E-state index in [0.717, 1.165) is 0 Å². The van der Waals surface area contributed by atoms with Gasteiger partial charge in [-0.15, -0.1) is 0 Å². The van der Waals surface area contributed by atoms with Crippen molar-refractivity contribution in [3.05, 3.63) is 75.9 Å². The molecule has 20 heavy (non-hydrogen) atoms. The summed E-state index contributed by atoms with van der Waals surface area (Å²) in [7, 11) is 0. The summed E-state index contributed by atoms with van der Waals surface area (Å²) in [5.74, 6) is 0.440. The van der Waals surface area contributed by atoms with Crippen LogP contribution in [0.5, 0.6) is 0 Å². The first-order valence-electron chi connectivity index (χ1n) is 7.30. The molecule has 0 saturated heterocycles. The first-order valence-corrected chi connectivity index (χ1v) is 7.30. The Hall–Kier alpha value is -1.82. The number of allylic oxidation sites excluding steroid dienone is 1. The second-order valence-electron chi connectivity index (χ2n) is 5.80. The van der Waals surface area contributed by atoms with E-state index >= 15 is 0 Å². The van der Waals surface area contributed by atoms with Crippen molar-refractivity contribution in [3.63, 3.8) is 0 Å². The van der Waals surface area contributed by atoms with Crippen LogP contribution in [0, 0.1) is 27.7 Å². The minimum atomic E-state index is 0.440. The molecule has 0 aliphatic rings. The Bertz CT molecular complexity index is 632. The van der Waals surface area contributed by atoms with Crippen LogP contribution in [0.3, 0.4) is 0 Å². The highest BCUT2D eigenvalue weighted by Gasteiger charge is 2.06. The lowest BCUT2D eigenvalue weighted by molar-refractivity contribution is 0.952. The molecule has 1 unspecified atom stereocenters. The van der Waals surface area contributed by atoms with Crippen LogP contribution in [-0.4, -0.2) is 0 Å². The summed E-state index contributed by atoms with van der Waals surface area (Å²) in [6.45, 7) is 11.0. The van der Waals surface area contributed by atoms with Crippen molar-refractivity contribution in [1.29, 1.82) is 0 Å². The van der Waals surface area contributed by atoms with Gasteiger partial charge in [0.05, 0.1) is 0 Å². The third kappa shape index (κ3) is 3.19. The van der Waals surface area contributed by atoms with Crippen molar-refractivity contribution < 1.29 is 0 Å².